The number of hydrogen-bond donors (Lipinski definition) is 1. The third-order valence-electron chi connectivity index (χ3n) is 5.76. The highest BCUT2D eigenvalue weighted by atomic mass is 35.5. The summed E-state index contributed by atoms with van der Waals surface area (Å²) >= 11 is 7.38. The molecular formula is C26H19ClN2O5S. The number of aliphatic hydroxyl groups excluding tert-OH is 1. The maximum atomic E-state index is 13.4. The highest BCUT2D eigenvalue weighted by Crippen LogP contribution is 2.45. The van der Waals surface area contributed by atoms with Gasteiger partial charge in [-0.2, -0.15) is 0 Å². The van der Waals surface area contributed by atoms with Gasteiger partial charge in [0.25, 0.3) is 5.78 Å². The first-order valence-electron chi connectivity index (χ1n) is 10.6. The van der Waals surface area contributed by atoms with Gasteiger partial charge in [0.05, 0.1) is 36.1 Å². The van der Waals surface area contributed by atoms with Crippen molar-refractivity contribution in [1.82, 2.24) is 4.98 Å². The number of benzene rings is 3. The predicted molar refractivity (Wildman–Crippen MR) is 135 cm³/mol. The molecule has 1 N–H and O–H groups in total. The first-order valence-corrected chi connectivity index (χ1v) is 11.8. The molecule has 7 nitrogen and oxygen atoms in total. The number of aliphatic hydroxyl groups is 1. The van der Waals surface area contributed by atoms with Crippen molar-refractivity contribution >= 4 is 55.7 Å². The van der Waals surface area contributed by atoms with E-state index in [-0.39, 0.29) is 11.3 Å². The number of halogens is 1. The number of fused-ring (bicyclic) bond motifs is 1. The molecule has 2 heterocycles. The van der Waals surface area contributed by atoms with Gasteiger partial charge in [-0.15, -0.1) is 0 Å². The van der Waals surface area contributed by atoms with Gasteiger partial charge < -0.3 is 14.6 Å². The van der Waals surface area contributed by atoms with Crippen molar-refractivity contribution in [3.63, 3.8) is 0 Å². The van der Waals surface area contributed by atoms with E-state index in [1.807, 2.05) is 0 Å². The van der Waals surface area contributed by atoms with Crippen LogP contribution in [0.5, 0.6) is 11.5 Å². The number of methoxy groups -OCH3 is 2. The number of hydrogen-bond acceptors (Lipinski definition) is 7. The Balaban J connectivity index is 1.72. The number of ether oxygens (including phenoxy) is 2. The molecule has 5 rings (SSSR count). The number of carbonyl (C=O) groups is 2. The summed E-state index contributed by atoms with van der Waals surface area (Å²) in [6, 6.07) is 17.9. The molecular weight excluding hydrogens is 488 g/mol. The number of thiazole rings is 1. The predicted octanol–water partition coefficient (Wildman–Crippen LogP) is 5.59. The van der Waals surface area contributed by atoms with Crippen LogP contribution in [-0.2, 0) is 9.59 Å². The number of ketones is 1. The van der Waals surface area contributed by atoms with Crippen molar-refractivity contribution in [1.29, 1.82) is 0 Å². The summed E-state index contributed by atoms with van der Waals surface area (Å²) in [7, 11) is 3.07. The molecule has 4 aromatic rings. The average Bonchev–Trinajstić information content (AvgIpc) is 3.41. The summed E-state index contributed by atoms with van der Waals surface area (Å²) in [5.74, 6) is -0.722. The SMILES string of the molecule is COc1ccc(/C(O)=C2\C(=O)C(=O)N(c3nc4ccc(Cl)cc4s3)C2c2cccc(OC)c2)cc1. The number of anilines is 1. The molecule has 1 fully saturated rings. The van der Waals surface area contributed by atoms with Crippen LogP contribution >= 0.6 is 22.9 Å². The van der Waals surface area contributed by atoms with Gasteiger partial charge in [-0.3, -0.25) is 14.5 Å². The number of carbonyl (C=O) groups excluding carboxylic acids is 2. The average molecular weight is 507 g/mol. The van der Waals surface area contributed by atoms with Gasteiger partial charge in [0.1, 0.15) is 17.3 Å². The van der Waals surface area contributed by atoms with E-state index in [1.165, 1.54) is 30.5 Å². The number of rotatable bonds is 5. The van der Waals surface area contributed by atoms with Crippen LogP contribution in [0.4, 0.5) is 5.13 Å². The smallest absolute Gasteiger partial charge is 0.301 e. The second-order valence-electron chi connectivity index (χ2n) is 7.78. The highest BCUT2D eigenvalue weighted by molar-refractivity contribution is 7.22. The Hall–Kier alpha value is -3.88. The molecule has 1 atom stereocenters. The van der Waals surface area contributed by atoms with E-state index in [2.05, 4.69) is 4.98 Å². The van der Waals surface area contributed by atoms with Gasteiger partial charge >= 0.3 is 5.91 Å². The lowest BCUT2D eigenvalue weighted by molar-refractivity contribution is -0.132. The zero-order chi connectivity index (χ0) is 24.7. The van der Waals surface area contributed by atoms with Crippen LogP contribution in [0.15, 0.2) is 72.3 Å². The Morgan fingerprint density at radius 2 is 1.74 bits per heavy atom. The van der Waals surface area contributed by atoms with E-state index in [9.17, 15) is 14.7 Å². The van der Waals surface area contributed by atoms with Crippen LogP contribution in [0.2, 0.25) is 5.02 Å². The summed E-state index contributed by atoms with van der Waals surface area (Å²) < 4.78 is 11.3. The van der Waals surface area contributed by atoms with E-state index in [0.29, 0.717) is 38.3 Å². The van der Waals surface area contributed by atoms with Crippen LogP contribution in [0.25, 0.3) is 16.0 Å². The molecule has 1 aliphatic heterocycles. The van der Waals surface area contributed by atoms with E-state index < -0.39 is 17.7 Å². The molecule has 176 valence electrons. The fourth-order valence-corrected chi connectivity index (χ4v) is 5.32. The number of aromatic nitrogens is 1. The molecule has 0 radical (unpaired) electrons. The lowest BCUT2D eigenvalue weighted by Gasteiger charge is -2.23. The second-order valence-corrected chi connectivity index (χ2v) is 9.23. The van der Waals surface area contributed by atoms with E-state index in [4.69, 9.17) is 21.1 Å². The molecule has 35 heavy (non-hydrogen) atoms. The van der Waals surface area contributed by atoms with Crippen molar-refractivity contribution in [3.8, 4) is 11.5 Å². The van der Waals surface area contributed by atoms with Crippen molar-refractivity contribution in [2.75, 3.05) is 19.1 Å². The first-order chi connectivity index (χ1) is 16.9. The minimum Gasteiger partial charge on any atom is -0.507 e. The Kier molecular flexibility index (Phi) is 5.92. The van der Waals surface area contributed by atoms with Gasteiger partial charge in [0.2, 0.25) is 0 Å². The largest absolute Gasteiger partial charge is 0.507 e. The monoisotopic (exact) mass is 506 g/mol. The molecule has 1 saturated heterocycles. The minimum atomic E-state index is -0.914. The summed E-state index contributed by atoms with van der Waals surface area (Å²) in [5, 5.41) is 12.1. The molecule has 3 aromatic carbocycles. The number of Topliss-reactive ketones (excluding diaryl/α,β-unsaturated/α-hetero) is 1. The molecule has 1 amide bonds. The summed E-state index contributed by atoms with van der Waals surface area (Å²) in [6.07, 6.45) is 0. The fourth-order valence-electron chi connectivity index (χ4n) is 4.05. The van der Waals surface area contributed by atoms with Crippen LogP contribution in [-0.4, -0.2) is 36.0 Å². The molecule has 0 spiro atoms. The van der Waals surface area contributed by atoms with E-state index >= 15 is 0 Å². The van der Waals surface area contributed by atoms with E-state index in [1.54, 1.807) is 66.7 Å². The van der Waals surface area contributed by atoms with Gasteiger partial charge in [-0.1, -0.05) is 35.1 Å². The summed E-state index contributed by atoms with van der Waals surface area (Å²) in [5.41, 5.74) is 1.59. The second kappa shape index (κ2) is 9.05. The van der Waals surface area contributed by atoms with Crippen molar-refractivity contribution in [2.45, 2.75) is 6.04 Å². The normalized spacial score (nSPS) is 17.2. The maximum absolute atomic E-state index is 13.4. The lowest BCUT2D eigenvalue weighted by Crippen LogP contribution is -2.29. The molecule has 0 saturated carbocycles. The molecule has 9 heteroatoms. The fraction of sp³-hybridized carbons (Fsp3) is 0.115. The maximum Gasteiger partial charge on any atom is 0.301 e. The van der Waals surface area contributed by atoms with Gasteiger partial charge in [0, 0.05) is 10.6 Å². The standard InChI is InChI=1S/C26H19ClN2O5S/c1-33-17-9-6-14(7-10-17)23(30)21-22(15-4-3-5-18(12-15)34-2)29(25(32)24(21)31)26-28-19-11-8-16(27)13-20(19)35-26/h3-13,22,30H,1-2H3/b23-21+. The molecule has 1 unspecified atom stereocenters. The first kappa shape index (κ1) is 22.9. The van der Waals surface area contributed by atoms with Gasteiger partial charge in [0.15, 0.2) is 5.13 Å². The number of nitrogens with zero attached hydrogens (tertiary/aromatic N) is 2. The lowest BCUT2D eigenvalue weighted by atomic mass is 9.95. The Morgan fingerprint density at radius 1 is 1.00 bits per heavy atom. The van der Waals surface area contributed by atoms with Crippen LogP contribution in [0, 0.1) is 0 Å². The molecule has 0 bridgehead atoms. The quantitative estimate of drug-likeness (QED) is 0.215. The van der Waals surface area contributed by atoms with Crippen molar-refractivity contribution < 1.29 is 24.2 Å². The van der Waals surface area contributed by atoms with Crippen molar-refractivity contribution in [2.24, 2.45) is 0 Å². The molecule has 1 aliphatic rings. The van der Waals surface area contributed by atoms with Crippen LogP contribution in [0.3, 0.4) is 0 Å². The van der Waals surface area contributed by atoms with Crippen molar-refractivity contribution in [3.05, 3.63) is 88.5 Å². The minimum absolute atomic E-state index is 0.0364. The van der Waals surface area contributed by atoms with E-state index in [0.717, 1.165) is 4.70 Å². The highest BCUT2D eigenvalue weighted by Gasteiger charge is 2.48. The Labute approximate surface area is 209 Å². The Morgan fingerprint density at radius 3 is 2.46 bits per heavy atom. The Bertz CT molecular complexity index is 1500. The van der Waals surface area contributed by atoms with Gasteiger partial charge in [-0.25, -0.2) is 4.98 Å². The third-order valence-corrected chi connectivity index (χ3v) is 7.02. The van der Waals surface area contributed by atoms with Crippen LogP contribution in [0.1, 0.15) is 17.2 Å². The molecule has 0 aliphatic carbocycles. The summed E-state index contributed by atoms with van der Waals surface area (Å²) in [6.45, 7) is 0. The third kappa shape index (κ3) is 4.00. The summed E-state index contributed by atoms with van der Waals surface area (Å²) in [4.78, 5) is 32.6. The topological polar surface area (TPSA) is 89.0 Å². The van der Waals surface area contributed by atoms with Gasteiger partial charge in [-0.05, 0) is 60.2 Å². The molecule has 1 aromatic heterocycles. The zero-order valence-electron chi connectivity index (χ0n) is 18.7. The van der Waals surface area contributed by atoms with Crippen LogP contribution < -0.4 is 14.4 Å². The number of amides is 1. The zero-order valence-corrected chi connectivity index (χ0v) is 20.3.